The first-order valence-electron chi connectivity index (χ1n) is 20.1. The molecule has 0 amide bonds. The van der Waals surface area contributed by atoms with Gasteiger partial charge in [0.25, 0.3) is 0 Å². The summed E-state index contributed by atoms with van der Waals surface area (Å²) in [6.07, 6.45) is 40.8. The minimum atomic E-state index is -1.14. The SMILES string of the molecule is CCCCCCCCCCCCCCCCCCc1c(CCCCCCCCCCCCCCCC)ccc(C(=O)O)c1C(=O)O. The van der Waals surface area contributed by atoms with Gasteiger partial charge in [-0.15, -0.1) is 0 Å². The molecule has 46 heavy (non-hydrogen) atoms. The molecule has 4 nitrogen and oxygen atoms in total. The van der Waals surface area contributed by atoms with Crippen molar-refractivity contribution in [2.75, 3.05) is 0 Å². The molecule has 0 fully saturated rings. The predicted octanol–water partition coefficient (Wildman–Crippen LogP) is 13.9. The van der Waals surface area contributed by atoms with E-state index in [1.54, 1.807) is 0 Å². The fourth-order valence-electron chi connectivity index (χ4n) is 6.99. The van der Waals surface area contributed by atoms with E-state index in [-0.39, 0.29) is 11.1 Å². The first kappa shape index (κ1) is 42.2. The molecule has 4 heteroatoms. The Kier molecular flexibility index (Phi) is 28.0. The third-order valence-electron chi connectivity index (χ3n) is 9.93. The summed E-state index contributed by atoms with van der Waals surface area (Å²) >= 11 is 0. The van der Waals surface area contributed by atoms with E-state index < -0.39 is 11.9 Å². The lowest BCUT2D eigenvalue weighted by Gasteiger charge is -2.15. The number of hydrogen-bond acceptors (Lipinski definition) is 2. The highest BCUT2D eigenvalue weighted by Crippen LogP contribution is 2.25. The molecule has 1 aromatic carbocycles. The Bertz CT molecular complexity index is 877. The molecule has 0 heterocycles. The molecule has 0 aliphatic rings. The largest absolute Gasteiger partial charge is 0.478 e. The van der Waals surface area contributed by atoms with Crippen molar-refractivity contribution in [2.24, 2.45) is 0 Å². The van der Waals surface area contributed by atoms with Gasteiger partial charge in [0.2, 0.25) is 0 Å². The van der Waals surface area contributed by atoms with Gasteiger partial charge in [0, 0.05) is 0 Å². The van der Waals surface area contributed by atoms with Gasteiger partial charge in [-0.25, -0.2) is 9.59 Å². The molecule has 266 valence electrons. The molecular weight excluding hydrogens is 568 g/mol. The van der Waals surface area contributed by atoms with Crippen LogP contribution in [0.15, 0.2) is 12.1 Å². The van der Waals surface area contributed by atoms with Crippen molar-refractivity contribution in [2.45, 2.75) is 219 Å². The second-order valence-electron chi connectivity index (χ2n) is 14.1. The maximum absolute atomic E-state index is 12.2. The number of aryl methyl sites for hydroxylation is 1. The van der Waals surface area contributed by atoms with Crippen LogP contribution in [0.3, 0.4) is 0 Å². The minimum Gasteiger partial charge on any atom is -0.478 e. The minimum absolute atomic E-state index is 0.0244. The normalized spacial score (nSPS) is 11.3. The first-order valence-corrected chi connectivity index (χ1v) is 20.1. The molecule has 0 radical (unpaired) electrons. The van der Waals surface area contributed by atoms with Gasteiger partial charge in [-0.05, 0) is 42.9 Å². The molecule has 1 rings (SSSR count). The molecule has 1 aromatic rings. The van der Waals surface area contributed by atoms with Crippen molar-refractivity contribution in [3.63, 3.8) is 0 Å². The fraction of sp³-hybridized carbons (Fsp3) is 0.810. The van der Waals surface area contributed by atoms with Crippen molar-refractivity contribution >= 4 is 11.9 Å². The van der Waals surface area contributed by atoms with E-state index in [9.17, 15) is 19.8 Å². The quantitative estimate of drug-likeness (QED) is 0.0733. The smallest absolute Gasteiger partial charge is 0.336 e. The second kappa shape index (κ2) is 30.5. The van der Waals surface area contributed by atoms with Gasteiger partial charge in [0.05, 0.1) is 11.1 Å². The van der Waals surface area contributed by atoms with E-state index >= 15 is 0 Å². The van der Waals surface area contributed by atoms with Crippen molar-refractivity contribution in [3.05, 3.63) is 34.4 Å². The molecule has 0 aromatic heterocycles. The Morgan fingerprint density at radius 3 is 1.02 bits per heavy atom. The zero-order chi connectivity index (χ0) is 33.5. The van der Waals surface area contributed by atoms with E-state index in [0.29, 0.717) is 6.42 Å². The van der Waals surface area contributed by atoms with Crippen LogP contribution in [0.5, 0.6) is 0 Å². The summed E-state index contributed by atoms with van der Waals surface area (Å²) < 4.78 is 0. The van der Waals surface area contributed by atoms with Gasteiger partial charge < -0.3 is 10.2 Å². The summed E-state index contributed by atoms with van der Waals surface area (Å²) in [6.45, 7) is 4.55. The average Bonchev–Trinajstić information content (AvgIpc) is 3.04. The van der Waals surface area contributed by atoms with Crippen LogP contribution in [0.4, 0.5) is 0 Å². The molecule has 0 bridgehead atoms. The van der Waals surface area contributed by atoms with E-state index in [1.165, 1.54) is 173 Å². The lowest BCUT2D eigenvalue weighted by Crippen LogP contribution is -2.14. The van der Waals surface area contributed by atoms with E-state index in [1.807, 2.05) is 6.07 Å². The van der Waals surface area contributed by atoms with Crippen molar-refractivity contribution in [1.29, 1.82) is 0 Å². The molecule has 0 saturated heterocycles. The molecule has 0 saturated carbocycles. The highest BCUT2D eigenvalue weighted by Gasteiger charge is 2.22. The van der Waals surface area contributed by atoms with Crippen LogP contribution in [-0.4, -0.2) is 22.2 Å². The molecule has 0 spiro atoms. The van der Waals surface area contributed by atoms with Crippen molar-refractivity contribution in [3.8, 4) is 0 Å². The van der Waals surface area contributed by atoms with Gasteiger partial charge in [0.15, 0.2) is 0 Å². The molecule has 2 N–H and O–H groups in total. The highest BCUT2D eigenvalue weighted by atomic mass is 16.4. The maximum Gasteiger partial charge on any atom is 0.336 e. The number of unbranched alkanes of at least 4 members (excludes halogenated alkanes) is 28. The topological polar surface area (TPSA) is 74.6 Å². The summed E-state index contributed by atoms with van der Waals surface area (Å²) in [4.78, 5) is 24.1. The van der Waals surface area contributed by atoms with Crippen molar-refractivity contribution < 1.29 is 19.8 Å². The number of carbonyl (C=O) groups is 2. The van der Waals surface area contributed by atoms with Gasteiger partial charge in [-0.2, -0.15) is 0 Å². The van der Waals surface area contributed by atoms with Gasteiger partial charge in [-0.3, -0.25) is 0 Å². The Hall–Kier alpha value is -1.84. The lowest BCUT2D eigenvalue weighted by atomic mass is 9.89. The predicted molar refractivity (Wildman–Crippen MR) is 198 cm³/mol. The van der Waals surface area contributed by atoms with E-state index in [4.69, 9.17) is 0 Å². The van der Waals surface area contributed by atoms with Gasteiger partial charge in [0.1, 0.15) is 0 Å². The zero-order valence-corrected chi connectivity index (χ0v) is 30.5. The van der Waals surface area contributed by atoms with Crippen LogP contribution in [-0.2, 0) is 12.8 Å². The number of carboxylic acid groups (broad SMARTS) is 2. The number of carboxylic acids is 2. The summed E-state index contributed by atoms with van der Waals surface area (Å²) in [5.74, 6) is -2.25. The summed E-state index contributed by atoms with van der Waals surface area (Å²) in [7, 11) is 0. The second-order valence-corrected chi connectivity index (χ2v) is 14.1. The van der Waals surface area contributed by atoms with Crippen LogP contribution >= 0.6 is 0 Å². The van der Waals surface area contributed by atoms with E-state index in [0.717, 1.165) is 43.2 Å². The van der Waals surface area contributed by atoms with E-state index in [2.05, 4.69) is 13.8 Å². The van der Waals surface area contributed by atoms with Gasteiger partial charge >= 0.3 is 11.9 Å². The number of aromatic carboxylic acids is 2. The monoisotopic (exact) mass is 643 g/mol. The van der Waals surface area contributed by atoms with Crippen molar-refractivity contribution in [1.82, 2.24) is 0 Å². The summed E-state index contributed by atoms with van der Waals surface area (Å²) in [5.41, 5.74) is 1.77. The summed E-state index contributed by atoms with van der Waals surface area (Å²) in [5, 5.41) is 19.7. The van der Waals surface area contributed by atoms with Crippen LogP contribution < -0.4 is 0 Å². The third-order valence-corrected chi connectivity index (χ3v) is 9.93. The van der Waals surface area contributed by atoms with Crippen LogP contribution in [0.2, 0.25) is 0 Å². The first-order chi connectivity index (χ1) is 22.5. The third kappa shape index (κ3) is 21.9. The number of rotatable bonds is 34. The number of benzene rings is 1. The Morgan fingerprint density at radius 2 is 0.717 bits per heavy atom. The molecule has 0 unspecified atom stereocenters. The van der Waals surface area contributed by atoms with Crippen LogP contribution in [0.1, 0.15) is 238 Å². The highest BCUT2D eigenvalue weighted by molar-refractivity contribution is 6.03. The Balaban J connectivity index is 2.29. The Labute approximate surface area is 284 Å². The molecule has 0 atom stereocenters. The standard InChI is InChI=1S/C42H74O4/c1-3-5-7-9-11-13-15-17-19-20-22-24-26-28-30-32-34-38-37(35-36-39(41(43)44)40(38)42(45)46)33-31-29-27-25-23-21-18-16-14-12-10-8-6-4-2/h35-36H,3-34H2,1-2H3,(H,43,44)(H,45,46). The molecule has 0 aliphatic heterocycles. The maximum atomic E-state index is 12.2. The fourth-order valence-corrected chi connectivity index (χ4v) is 6.99. The van der Waals surface area contributed by atoms with Crippen LogP contribution in [0.25, 0.3) is 0 Å². The van der Waals surface area contributed by atoms with Gasteiger partial charge in [-0.1, -0.05) is 200 Å². The molecule has 0 aliphatic carbocycles. The Morgan fingerprint density at radius 1 is 0.413 bits per heavy atom. The molecular formula is C42H74O4. The number of hydrogen-bond donors (Lipinski definition) is 2. The average molecular weight is 643 g/mol. The summed E-state index contributed by atoms with van der Waals surface area (Å²) in [6, 6.07) is 3.40. The zero-order valence-electron chi connectivity index (χ0n) is 30.5. The lowest BCUT2D eigenvalue weighted by molar-refractivity contribution is 0.0650. The van der Waals surface area contributed by atoms with Crippen LogP contribution in [0, 0.1) is 0 Å².